The number of thioether (sulfide) groups is 1. The molecule has 0 aromatic carbocycles. The number of aliphatic hydroxyl groups excluding tert-OH is 1. The van der Waals surface area contributed by atoms with Crippen LogP contribution in [0.5, 0.6) is 0 Å². The monoisotopic (exact) mass is 213 g/mol. The normalized spacial score (nSPS) is 10.4. The fourth-order valence-corrected chi connectivity index (χ4v) is 1.73. The third kappa shape index (κ3) is 3.51. The summed E-state index contributed by atoms with van der Waals surface area (Å²) in [7, 11) is 0. The average Bonchev–Trinajstić information content (AvgIpc) is 2.14. The molecule has 0 fully saturated rings. The van der Waals surface area contributed by atoms with Crippen molar-refractivity contribution in [3.63, 3.8) is 0 Å². The molecule has 0 aliphatic carbocycles. The summed E-state index contributed by atoms with van der Waals surface area (Å²) in [6.45, 7) is 2.23. The van der Waals surface area contributed by atoms with Gasteiger partial charge in [-0.2, -0.15) is 0 Å². The van der Waals surface area contributed by atoms with E-state index in [1.165, 1.54) is 11.8 Å². The molecule has 0 atom stereocenters. The maximum Gasteiger partial charge on any atom is 0.132 e. The van der Waals surface area contributed by atoms with Gasteiger partial charge in [0, 0.05) is 18.2 Å². The van der Waals surface area contributed by atoms with E-state index < -0.39 is 0 Å². The zero-order valence-electron chi connectivity index (χ0n) is 8.23. The Bertz CT molecular complexity index is 293. The molecule has 0 spiro atoms. The second-order valence-corrected chi connectivity index (χ2v) is 3.98. The van der Waals surface area contributed by atoms with Crippen LogP contribution >= 0.6 is 11.8 Å². The van der Waals surface area contributed by atoms with E-state index in [0.29, 0.717) is 11.6 Å². The van der Waals surface area contributed by atoms with Gasteiger partial charge in [-0.15, -0.1) is 11.8 Å². The Kier molecular flexibility index (Phi) is 4.69. The number of nitrogens with zero attached hydrogens (tertiary/aromatic N) is 2. The van der Waals surface area contributed by atoms with Gasteiger partial charge < -0.3 is 10.8 Å². The van der Waals surface area contributed by atoms with Gasteiger partial charge in [-0.05, 0) is 6.42 Å². The topological polar surface area (TPSA) is 72.0 Å². The van der Waals surface area contributed by atoms with Crippen LogP contribution in [0.15, 0.2) is 11.1 Å². The number of aliphatic hydroxyl groups is 1. The van der Waals surface area contributed by atoms with Gasteiger partial charge >= 0.3 is 0 Å². The summed E-state index contributed by atoms with van der Waals surface area (Å²) < 4.78 is 0. The van der Waals surface area contributed by atoms with E-state index in [1.807, 2.05) is 0 Å². The predicted molar refractivity (Wildman–Crippen MR) is 58.2 cm³/mol. The van der Waals surface area contributed by atoms with Crippen molar-refractivity contribution in [2.45, 2.75) is 24.8 Å². The first-order valence-electron chi connectivity index (χ1n) is 4.63. The van der Waals surface area contributed by atoms with Crippen molar-refractivity contribution in [2.75, 3.05) is 18.1 Å². The Labute approximate surface area is 88.0 Å². The van der Waals surface area contributed by atoms with Crippen LogP contribution in [-0.4, -0.2) is 27.4 Å². The highest BCUT2D eigenvalue weighted by Gasteiger charge is 2.02. The van der Waals surface area contributed by atoms with Crippen LogP contribution < -0.4 is 5.73 Å². The number of aromatic nitrogens is 2. The minimum Gasteiger partial charge on any atom is -0.396 e. The zero-order valence-corrected chi connectivity index (χ0v) is 9.05. The maximum atomic E-state index is 8.67. The Morgan fingerprint density at radius 3 is 2.93 bits per heavy atom. The molecule has 4 nitrogen and oxygen atoms in total. The minimum atomic E-state index is 0.150. The quantitative estimate of drug-likeness (QED) is 0.566. The number of aryl methyl sites for hydroxylation is 1. The lowest BCUT2D eigenvalue weighted by Crippen LogP contribution is -2.01. The number of rotatable bonds is 5. The third-order valence-corrected chi connectivity index (χ3v) is 2.48. The fraction of sp³-hybridized carbons (Fsp3) is 0.556. The lowest BCUT2D eigenvalue weighted by Gasteiger charge is -2.03. The molecule has 14 heavy (non-hydrogen) atoms. The first kappa shape index (κ1) is 11.3. The van der Waals surface area contributed by atoms with E-state index in [9.17, 15) is 0 Å². The van der Waals surface area contributed by atoms with E-state index >= 15 is 0 Å². The summed E-state index contributed by atoms with van der Waals surface area (Å²) in [5.74, 6) is 1.93. The van der Waals surface area contributed by atoms with Gasteiger partial charge in [-0.25, -0.2) is 9.97 Å². The van der Waals surface area contributed by atoms with Gasteiger partial charge in [0.05, 0.1) is 6.61 Å². The van der Waals surface area contributed by atoms with E-state index in [4.69, 9.17) is 10.8 Å². The highest BCUT2D eigenvalue weighted by Crippen LogP contribution is 2.17. The van der Waals surface area contributed by atoms with Crippen LogP contribution in [0.3, 0.4) is 0 Å². The molecule has 78 valence electrons. The molecule has 0 radical (unpaired) electrons. The van der Waals surface area contributed by atoms with E-state index in [2.05, 4.69) is 16.9 Å². The predicted octanol–water partition coefficient (Wildman–Crippen LogP) is 1.10. The van der Waals surface area contributed by atoms with Crippen LogP contribution in [0.25, 0.3) is 0 Å². The highest BCUT2D eigenvalue weighted by molar-refractivity contribution is 7.99. The molecule has 1 heterocycles. The van der Waals surface area contributed by atoms with Crippen LogP contribution in [0.4, 0.5) is 5.82 Å². The summed E-state index contributed by atoms with van der Waals surface area (Å²) in [5, 5.41) is 9.52. The van der Waals surface area contributed by atoms with Gasteiger partial charge in [0.25, 0.3) is 0 Å². The van der Waals surface area contributed by atoms with Crippen LogP contribution in [0.1, 0.15) is 19.2 Å². The molecule has 0 amide bonds. The Hall–Kier alpha value is -0.810. The third-order valence-electron chi connectivity index (χ3n) is 1.58. The van der Waals surface area contributed by atoms with Crippen LogP contribution in [-0.2, 0) is 6.42 Å². The Morgan fingerprint density at radius 1 is 1.50 bits per heavy atom. The van der Waals surface area contributed by atoms with Crippen molar-refractivity contribution in [1.29, 1.82) is 0 Å². The highest BCUT2D eigenvalue weighted by atomic mass is 32.2. The summed E-state index contributed by atoms with van der Waals surface area (Å²) >= 11 is 1.49. The largest absolute Gasteiger partial charge is 0.396 e. The summed E-state index contributed by atoms with van der Waals surface area (Å²) in [5.41, 5.74) is 5.63. The molecule has 1 aromatic heterocycles. The van der Waals surface area contributed by atoms with E-state index in [1.54, 1.807) is 6.07 Å². The summed E-state index contributed by atoms with van der Waals surface area (Å²) in [4.78, 5) is 8.44. The van der Waals surface area contributed by atoms with Crippen molar-refractivity contribution in [3.8, 4) is 0 Å². The van der Waals surface area contributed by atoms with Gasteiger partial charge in [-0.1, -0.05) is 6.92 Å². The SMILES string of the molecule is CCCc1nc(N)cc(SCCO)n1. The molecule has 0 aliphatic heterocycles. The lowest BCUT2D eigenvalue weighted by atomic mass is 10.3. The zero-order chi connectivity index (χ0) is 10.4. The summed E-state index contributed by atoms with van der Waals surface area (Å²) in [6.07, 6.45) is 1.85. The van der Waals surface area contributed by atoms with Gasteiger partial charge in [0.15, 0.2) is 0 Å². The number of anilines is 1. The first-order chi connectivity index (χ1) is 6.76. The maximum absolute atomic E-state index is 8.67. The van der Waals surface area contributed by atoms with Gasteiger partial charge in [0.1, 0.15) is 16.7 Å². The van der Waals surface area contributed by atoms with Crippen molar-refractivity contribution in [3.05, 3.63) is 11.9 Å². The van der Waals surface area contributed by atoms with Crippen LogP contribution in [0.2, 0.25) is 0 Å². The van der Waals surface area contributed by atoms with Crippen molar-refractivity contribution < 1.29 is 5.11 Å². The van der Waals surface area contributed by atoms with Gasteiger partial charge in [0.2, 0.25) is 0 Å². The smallest absolute Gasteiger partial charge is 0.132 e. The molecular formula is C9H15N3OS. The molecule has 0 unspecified atom stereocenters. The number of nitrogen functional groups attached to an aromatic ring is 1. The number of nitrogens with two attached hydrogens (primary N) is 1. The second kappa shape index (κ2) is 5.82. The number of hydrogen-bond donors (Lipinski definition) is 2. The molecular weight excluding hydrogens is 198 g/mol. The number of hydrogen-bond acceptors (Lipinski definition) is 5. The molecule has 5 heteroatoms. The standard InChI is InChI=1S/C9H15N3OS/c1-2-3-8-11-7(10)6-9(12-8)14-5-4-13/h6,13H,2-5H2,1H3,(H2,10,11,12). The van der Waals surface area contributed by atoms with Crippen molar-refractivity contribution in [1.82, 2.24) is 9.97 Å². The summed E-state index contributed by atoms with van der Waals surface area (Å²) in [6, 6.07) is 1.74. The first-order valence-corrected chi connectivity index (χ1v) is 5.62. The van der Waals surface area contributed by atoms with Crippen molar-refractivity contribution in [2.24, 2.45) is 0 Å². The molecule has 1 rings (SSSR count). The van der Waals surface area contributed by atoms with E-state index in [0.717, 1.165) is 23.7 Å². The van der Waals surface area contributed by atoms with Crippen LogP contribution in [0, 0.1) is 0 Å². The Morgan fingerprint density at radius 2 is 2.29 bits per heavy atom. The second-order valence-electron chi connectivity index (χ2n) is 2.87. The fourth-order valence-electron chi connectivity index (χ4n) is 1.05. The Balaban J connectivity index is 2.73. The minimum absolute atomic E-state index is 0.150. The molecule has 1 aromatic rings. The lowest BCUT2D eigenvalue weighted by molar-refractivity contribution is 0.322. The average molecular weight is 213 g/mol. The molecule has 0 saturated heterocycles. The molecule has 3 N–H and O–H groups in total. The van der Waals surface area contributed by atoms with E-state index in [-0.39, 0.29) is 6.61 Å². The van der Waals surface area contributed by atoms with Gasteiger partial charge in [-0.3, -0.25) is 0 Å². The molecule has 0 saturated carbocycles. The molecule has 0 bridgehead atoms. The molecule has 0 aliphatic rings. The van der Waals surface area contributed by atoms with Crippen molar-refractivity contribution >= 4 is 17.6 Å².